The van der Waals surface area contributed by atoms with Gasteiger partial charge in [-0.25, -0.2) is 4.79 Å². The maximum atomic E-state index is 11.7. The summed E-state index contributed by atoms with van der Waals surface area (Å²) in [6.07, 6.45) is 1.75. The lowest BCUT2D eigenvalue weighted by molar-refractivity contribution is 0.188. The number of hydrogen-bond acceptors (Lipinski definition) is 2. The molecule has 4 nitrogen and oxygen atoms in total. The summed E-state index contributed by atoms with van der Waals surface area (Å²) in [6, 6.07) is 10.3. The van der Waals surface area contributed by atoms with Crippen LogP contribution in [0, 0.1) is 0 Å². The molecule has 18 heavy (non-hydrogen) atoms. The van der Waals surface area contributed by atoms with Crippen LogP contribution in [0.1, 0.15) is 18.9 Å². The zero-order valence-electron chi connectivity index (χ0n) is 10.7. The number of benzene rings is 1. The Morgan fingerprint density at radius 2 is 2.22 bits per heavy atom. The fourth-order valence-corrected chi connectivity index (χ4v) is 2.12. The van der Waals surface area contributed by atoms with Crippen LogP contribution in [0.25, 0.3) is 0 Å². The molecule has 0 radical (unpaired) electrons. The highest BCUT2D eigenvalue weighted by molar-refractivity contribution is 5.74. The molecule has 1 heterocycles. The van der Waals surface area contributed by atoms with Gasteiger partial charge in [0.15, 0.2) is 0 Å². The van der Waals surface area contributed by atoms with Gasteiger partial charge in [0.25, 0.3) is 0 Å². The zero-order chi connectivity index (χ0) is 12.8. The summed E-state index contributed by atoms with van der Waals surface area (Å²) in [5.74, 6) is 0. The van der Waals surface area contributed by atoms with E-state index >= 15 is 0 Å². The highest BCUT2D eigenvalue weighted by atomic mass is 16.5. The largest absolute Gasteiger partial charge is 0.379 e. The molecule has 2 N–H and O–H groups in total. The topological polar surface area (TPSA) is 50.4 Å². The van der Waals surface area contributed by atoms with Crippen LogP contribution in [0.4, 0.5) is 4.79 Å². The second kappa shape index (κ2) is 6.40. The van der Waals surface area contributed by atoms with E-state index in [4.69, 9.17) is 4.74 Å². The second-order valence-electron chi connectivity index (χ2n) is 4.77. The summed E-state index contributed by atoms with van der Waals surface area (Å²) >= 11 is 0. The van der Waals surface area contributed by atoms with Gasteiger partial charge in [-0.2, -0.15) is 0 Å². The molecule has 1 aromatic rings. The quantitative estimate of drug-likeness (QED) is 0.852. The molecule has 2 unspecified atom stereocenters. The molecule has 1 aromatic carbocycles. The minimum Gasteiger partial charge on any atom is -0.379 e. The van der Waals surface area contributed by atoms with Gasteiger partial charge < -0.3 is 15.4 Å². The second-order valence-corrected chi connectivity index (χ2v) is 4.77. The molecule has 2 rings (SSSR count). The first-order chi connectivity index (χ1) is 8.74. The first-order valence-electron chi connectivity index (χ1n) is 6.43. The number of hydrogen-bond donors (Lipinski definition) is 2. The van der Waals surface area contributed by atoms with Crippen LogP contribution in [-0.4, -0.2) is 31.3 Å². The summed E-state index contributed by atoms with van der Waals surface area (Å²) in [7, 11) is 0. The molecule has 0 saturated carbocycles. The minimum atomic E-state index is -0.103. The average molecular weight is 248 g/mol. The monoisotopic (exact) mass is 248 g/mol. The van der Waals surface area contributed by atoms with Crippen molar-refractivity contribution < 1.29 is 9.53 Å². The summed E-state index contributed by atoms with van der Waals surface area (Å²) in [5, 5.41) is 5.87. The summed E-state index contributed by atoms with van der Waals surface area (Å²) < 4.78 is 5.22. The van der Waals surface area contributed by atoms with E-state index in [9.17, 15) is 4.79 Å². The maximum absolute atomic E-state index is 11.7. The van der Waals surface area contributed by atoms with Crippen LogP contribution in [0.5, 0.6) is 0 Å². The van der Waals surface area contributed by atoms with E-state index in [1.54, 1.807) is 0 Å². The Morgan fingerprint density at radius 1 is 1.44 bits per heavy atom. The van der Waals surface area contributed by atoms with E-state index in [0.717, 1.165) is 19.4 Å². The van der Waals surface area contributed by atoms with Crippen LogP contribution in [0.15, 0.2) is 30.3 Å². The van der Waals surface area contributed by atoms with Crippen LogP contribution < -0.4 is 10.6 Å². The number of carbonyl (C=O) groups is 1. The van der Waals surface area contributed by atoms with Gasteiger partial charge in [-0.05, 0) is 25.3 Å². The first-order valence-corrected chi connectivity index (χ1v) is 6.43. The molecule has 1 saturated heterocycles. The molecule has 0 bridgehead atoms. The van der Waals surface area contributed by atoms with Gasteiger partial charge in [0.1, 0.15) is 0 Å². The van der Waals surface area contributed by atoms with E-state index < -0.39 is 0 Å². The van der Waals surface area contributed by atoms with Crippen molar-refractivity contribution in [1.29, 1.82) is 0 Å². The van der Waals surface area contributed by atoms with Crippen LogP contribution in [0.2, 0.25) is 0 Å². The Kier molecular flexibility index (Phi) is 4.59. The fraction of sp³-hybridized carbons (Fsp3) is 0.500. The van der Waals surface area contributed by atoms with Crippen molar-refractivity contribution in [1.82, 2.24) is 10.6 Å². The van der Waals surface area contributed by atoms with Crippen LogP contribution in [-0.2, 0) is 11.2 Å². The number of nitrogens with one attached hydrogen (secondary N) is 2. The van der Waals surface area contributed by atoms with Gasteiger partial charge in [-0.15, -0.1) is 0 Å². The Balaban J connectivity index is 1.73. The summed E-state index contributed by atoms with van der Waals surface area (Å²) in [4.78, 5) is 11.7. The van der Waals surface area contributed by atoms with Crippen LogP contribution in [0.3, 0.4) is 0 Å². The number of carbonyl (C=O) groups excluding carboxylic acids is 1. The number of urea groups is 1. The smallest absolute Gasteiger partial charge is 0.315 e. The van der Waals surface area contributed by atoms with Gasteiger partial charge in [0.2, 0.25) is 0 Å². The molecular formula is C14H20N2O2. The van der Waals surface area contributed by atoms with E-state index in [2.05, 4.69) is 22.8 Å². The third-order valence-electron chi connectivity index (χ3n) is 3.03. The zero-order valence-corrected chi connectivity index (χ0v) is 10.7. The molecule has 4 heteroatoms. The SMILES string of the molecule is CC(Cc1ccccc1)NC(=O)NC1CCOC1. The van der Waals surface area contributed by atoms with Crippen LogP contribution >= 0.6 is 0 Å². The molecule has 2 amide bonds. The minimum absolute atomic E-state index is 0.103. The lowest BCUT2D eigenvalue weighted by Crippen LogP contribution is -2.46. The van der Waals surface area contributed by atoms with Crippen molar-refractivity contribution in [2.75, 3.05) is 13.2 Å². The van der Waals surface area contributed by atoms with Gasteiger partial charge in [0.05, 0.1) is 12.6 Å². The fourth-order valence-electron chi connectivity index (χ4n) is 2.12. The van der Waals surface area contributed by atoms with Gasteiger partial charge in [-0.1, -0.05) is 30.3 Å². The number of rotatable bonds is 4. The van der Waals surface area contributed by atoms with Gasteiger partial charge in [-0.3, -0.25) is 0 Å². The lowest BCUT2D eigenvalue weighted by Gasteiger charge is -2.17. The average Bonchev–Trinajstić information content (AvgIpc) is 2.82. The van der Waals surface area contributed by atoms with Crippen molar-refractivity contribution in [3.05, 3.63) is 35.9 Å². The van der Waals surface area contributed by atoms with Gasteiger partial charge >= 0.3 is 6.03 Å². The van der Waals surface area contributed by atoms with Crippen molar-refractivity contribution in [2.24, 2.45) is 0 Å². The molecule has 2 atom stereocenters. The Bertz CT molecular complexity index is 375. The molecule has 0 aromatic heterocycles. The Labute approximate surface area is 108 Å². The van der Waals surface area contributed by atoms with Crippen molar-refractivity contribution in [2.45, 2.75) is 31.8 Å². The Hall–Kier alpha value is -1.55. The molecule has 0 aliphatic carbocycles. The molecule has 1 fully saturated rings. The number of ether oxygens (including phenoxy) is 1. The lowest BCUT2D eigenvalue weighted by atomic mass is 10.1. The van der Waals surface area contributed by atoms with Crippen molar-refractivity contribution in [3.8, 4) is 0 Å². The van der Waals surface area contributed by atoms with E-state index in [-0.39, 0.29) is 18.1 Å². The van der Waals surface area contributed by atoms with Crippen molar-refractivity contribution >= 4 is 6.03 Å². The van der Waals surface area contributed by atoms with Crippen molar-refractivity contribution in [3.63, 3.8) is 0 Å². The van der Waals surface area contributed by atoms with E-state index in [1.807, 2.05) is 25.1 Å². The maximum Gasteiger partial charge on any atom is 0.315 e. The molecular weight excluding hydrogens is 228 g/mol. The molecule has 0 spiro atoms. The highest BCUT2D eigenvalue weighted by Gasteiger charge is 2.18. The molecule has 98 valence electrons. The first kappa shape index (κ1) is 12.9. The third kappa shape index (κ3) is 4.04. The number of amides is 2. The normalized spacial score (nSPS) is 20.4. The van der Waals surface area contributed by atoms with E-state index in [0.29, 0.717) is 6.61 Å². The predicted molar refractivity (Wildman–Crippen MR) is 70.5 cm³/mol. The predicted octanol–water partition coefficient (Wildman–Crippen LogP) is 1.71. The summed E-state index contributed by atoms with van der Waals surface area (Å²) in [5.41, 5.74) is 1.23. The standard InChI is InChI=1S/C14H20N2O2/c1-11(9-12-5-3-2-4-6-12)15-14(17)16-13-7-8-18-10-13/h2-6,11,13H,7-10H2,1H3,(H2,15,16,17). The third-order valence-corrected chi connectivity index (χ3v) is 3.03. The van der Waals surface area contributed by atoms with Gasteiger partial charge in [0, 0.05) is 12.6 Å². The Morgan fingerprint density at radius 3 is 2.89 bits per heavy atom. The highest BCUT2D eigenvalue weighted by Crippen LogP contribution is 2.04. The molecule has 1 aliphatic heterocycles. The molecule has 1 aliphatic rings. The van der Waals surface area contributed by atoms with E-state index in [1.165, 1.54) is 5.56 Å². The summed E-state index contributed by atoms with van der Waals surface area (Å²) in [6.45, 7) is 3.38.